The zero-order valence-corrected chi connectivity index (χ0v) is 16.8. The van der Waals surface area contributed by atoms with Gasteiger partial charge in [0.1, 0.15) is 5.82 Å². The van der Waals surface area contributed by atoms with Crippen LogP contribution in [0, 0.1) is 20.8 Å². The third-order valence-electron chi connectivity index (χ3n) is 4.23. The first-order valence-corrected chi connectivity index (χ1v) is 9.10. The standard InChI is InChI=1S/C19H19ClN6O3/c1-10-8-15(26(25-10)19-22-12(3)11(2)16(27)24-19)23-18(29)17(28)21-9-13-4-6-14(20)7-5-13/h4-8H,9H2,1-3H3,(H,21,28)(H,23,29)(H,22,24,27). The van der Waals surface area contributed by atoms with Crippen LogP contribution in [-0.2, 0) is 16.1 Å². The van der Waals surface area contributed by atoms with Crippen molar-refractivity contribution in [2.45, 2.75) is 27.3 Å². The van der Waals surface area contributed by atoms with E-state index in [0.717, 1.165) is 5.56 Å². The summed E-state index contributed by atoms with van der Waals surface area (Å²) in [5.74, 6) is -1.33. The molecular weight excluding hydrogens is 396 g/mol. The molecule has 0 aliphatic rings. The number of amides is 2. The Kier molecular flexibility index (Phi) is 5.79. The molecule has 9 nitrogen and oxygen atoms in total. The Morgan fingerprint density at radius 2 is 1.83 bits per heavy atom. The van der Waals surface area contributed by atoms with Gasteiger partial charge >= 0.3 is 11.8 Å². The second kappa shape index (κ2) is 8.27. The maximum Gasteiger partial charge on any atom is 0.314 e. The molecule has 0 aliphatic carbocycles. The van der Waals surface area contributed by atoms with Crippen LogP contribution in [0.2, 0.25) is 5.02 Å². The lowest BCUT2D eigenvalue weighted by molar-refractivity contribution is -0.136. The van der Waals surface area contributed by atoms with Gasteiger partial charge in [-0.3, -0.25) is 19.4 Å². The molecule has 0 spiro atoms. The molecule has 0 aliphatic heterocycles. The maximum absolute atomic E-state index is 12.3. The fraction of sp³-hybridized carbons (Fsp3) is 0.211. The van der Waals surface area contributed by atoms with E-state index in [1.165, 1.54) is 4.68 Å². The third-order valence-corrected chi connectivity index (χ3v) is 4.48. The summed E-state index contributed by atoms with van der Waals surface area (Å²) in [5, 5.41) is 9.84. The molecule has 29 heavy (non-hydrogen) atoms. The van der Waals surface area contributed by atoms with Gasteiger partial charge in [-0.05, 0) is 38.5 Å². The highest BCUT2D eigenvalue weighted by atomic mass is 35.5. The Bertz CT molecular complexity index is 1130. The van der Waals surface area contributed by atoms with E-state index < -0.39 is 11.8 Å². The fourth-order valence-electron chi connectivity index (χ4n) is 2.52. The molecule has 3 aromatic rings. The van der Waals surface area contributed by atoms with Crippen molar-refractivity contribution in [3.63, 3.8) is 0 Å². The van der Waals surface area contributed by atoms with Crippen LogP contribution in [0.25, 0.3) is 5.95 Å². The average Bonchev–Trinajstić information content (AvgIpc) is 3.05. The number of aryl methyl sites for hydroxylation is 2. The summed E-state index contributed by atoms with van der Waals surface area (Å²) in [7, 11) is 0. The molecule has 3 N–H and O–H groups in total. The summed E-state index contributed by atoms with van der Waals surface area (Å²) in [6, 6.07) is 8.46. The number of benzene rings is 1. The summed E-state index contributed by atoms with van der Waals surface area (Å²) in [6.07, 6.45) is 0. The lowest BCUT2D eigenvalue weighted by atomic mass is 10.2. The number of halogens is 1. The highest BCUT2D eigenvalue weighted by Crippen LogP contribution is 2.14. The van der Waals surface area contributed by atoms with Crippen molar-refractivity contribution in [2.24, 2.45) is 0 Å². The predicted molar refractivity (Wildman–Crippen MR) is 108 cm³/mol. The molecule has 150 valence electrons. The van der Waals surface area contributed by atoms with E-state index in [0.29, 0.717) is 22.0 Å². The van der Waals surface area contributed by atoms with Crippen LogP contribution in [0.3, 0.4) is 0 Å². The summed E-state index contributed by atoms with van der Waals surface area (Å²) < 4.78 is 1.27. The van der Waals surface area contributed by atoms with Crippen molar-refractivity contribution >= 4 is 29.2 Å². The quantitative estimate of drug-likeness (QED) is 0.562. The smallest absolute Gasteiger partial charge is 0.314 e. The highest BCUT2D eigenvalue weighted by molar-refractivity contribution is 6.39. The minimum atomic E-state index is -0.869. The summed E-state index contributed by atoms with van der Waals surface area (Å²) >= 11 is 5.82. The number of rotatable bonds is 4. The average molecular weight is 415 g/mol. The number of hydrogen-bond donors (Lipinski definition) is 3. The number of aromatic nitrogens is 4. The van der Waals surface area contributed by atoms with E-state index in [1.807, 2.05) is 0 Å². The molecule has 2 amide bonds. The number of aromatic amines is 1. The Labute approximate surface area is 171 Å². The van der Waals surface area contributed by atoms with Crippen molar-refractivity contribution in [3.8, 4) is 5.95 Å². The van der Waals surface area contributed by atoms with Gasteiger partial charge < -0.3 is 10.6 Å². The topological polar surface area (TPSA) is 122 Å². The summed E-state index contributed by atoms with van der Waals surface area (Å²) in [4.78, 5) is 43.4. The molecule has 2 heterocycles. The predicted octanol–water partition coefficient (Wildman–Crippen LogP) is 1.79. The van der Waals surface area contributed by atoms with Crippen molar-refractivity contribution in [3.05, 3.63) is 68.2 Å². The van der Waals surface area contributed by atoms with Crippen LogP contribution in [0.4, 0.5) is 5.82 Å². The molecule has 10 heteroatoms. The van der Waals surface area contributed by atoms with E-state index in [4.69, 9.17) is 11.6 Å². The van der Waals surface area contributed by atoms with Gasteiger partial charge in [-0.15, -0.1) is 0 Å². The Morgan fingerprint density at radius 3 is 2.48 bits per heavy atom. The second-order valence-electron chi connectivity index (χ2n) is 6.45. The first-order valence-electron chi connectivity index (χ1n) is 8.73. The summed E-state index contributed by atoms with van der Waals surface area (Å²) in [5.41, 5.74) is 2.09. The lowest BCUT2D eigenvalue weighted by Crippen LogP contribution is -2.35. The zero-order valence-electron chi connectivity index (χ0n) is 16.0. The van der Waals surface area contributed by atoms with Crippen molar-refractivity contribution in [2.75, 3.05) is 5.32 Å². The van der Waals surface area contributed by atoms with E-state index in [-0.39, 0.29) is 23.9 Å². The van der Waals surface area contributed by atoms with E-state index in [1.54, 1.807) is 51.1 Å². The Hall–Kier alpha value is -3.46. The monoisotopic (exact) mass is 414 g/mol. The van der Waals surface area contributed by atoms with Gasteiger partial charge in [0.15, 0.2) is 0 Å². The number of anilines is 1. The number of nitrogens with zero attached hydrogens (tertiary/aromatic N) is 3. The number of carbonyl (C=O) groups is 2. The SMILES string of the molecule is Cc1cc(NC(=O)C(=O)NCc2ccc(Cl)cc2)n(-c2nc(C)c(C)c(=O)[nH]2)n1. The largest absolute Gasteiger partial charge is 0.344 e. The molecule has 1 aromatic carbocycles. The van der Waals surface area contributed by atoms with Crippen molar-refractivity contribution < 1.29 is 9.59 Å². The molecule has 0 fully saturated rings. The van der Waals surface area contributed by atoms with Gasteiger partial charge in [-0.2, -0.15) is 9.78 Å². The van der Waals surface area contributed by atoms with Crippen LogP contribution >= 0.6 is 11.6 Å². The minimum Gasteiger partial charge on any atom is -0.344 e. The van der Waals surface area contributed by atoms with Gasteiger partial charge in [0.25, 0.3) is 5.56 Å². The fourth-order valence-corrected chi connectivity index (χ4v) is 2.64. The first kappa shape index (κ1) is 20.3. The van der Waals surface area contributed by atoms with Crippen LogP contribution in [0.1, 0.15) is 22.5 Å². The van der Waals surface area contributed by atoms with Crippen LogP contribution in [0.5, 0.6) is 0 Å². The highest BCUT2D eigenvalue weighted by Gasteiger charge is 2.18. The number of carbonyl (C=O) groups excluding carboxylic acids is 2. The summed E-state index contributed by atoms with van der Waals surface area (Å²) in [6.45, 7) is 5.25. The van der Waals surface area contributed by atoms with Crippen LogP contribution in [0.15, 0.2) is 35.1 Å². The van der Waals surface area contributed by atoms with Crippen LogP contribution < -0.4 is 16.2 Å². The molecule has 0 unspecified atom stereocenters. The normalized spacial score (nSPS) is 10.6. The van der Waals surface area contributed by atoms with Gasteiger partial charge in [0.05, 0.1) is 5.69 Å². The van der Waals surface area contributed by atoms with E-state index in [2.05, 4.69) is 25.7 Å². The molecule has 0 saturated carbocycles. The van der Waals surface area contributed by atoms with Gasteiger partial charge in [0.2, 0.25) is 5.95 Å². The Balaban J connectivity index is 1.75. The lowest BCUT2D eigenvalue weighted by Gasteiger charge is -2.09. The van der Waals surface area contributed by atoms with E-state index in [9.17, 15) is 14.4 Å². The third kappa shape index (κ3) is 4.69. The van der Waals surface area contributed by atoms with Crippen molar-refractivity contribution in [1.82, 2.24) is 25.1 Å². The minimum absolute atomic E-state index is 0.142. The van der Waals surface area contributed by atoms with Gasteiger partial charge in [0, 0.05) is 28.9 Å². The number of H-pyrrole nitrogens is 1. The van der Waals surface area contributed by atoms with Crippen LogP contribution in [-0.4, -0.2) is 31.6 Å². The van der Waals surface area contributed by atoms with Gasteiger partial charge in [-0.1, -0.05) is 23.7 Å². The molecule has 0 atom stereocenters. The second-order valence-corrected chi connectivity index (χ2v) is 6.88. The molecule has 3 rings (SSSR count). The molecular formula is C19H19ClN6O3. The molecule has 0 bridgehead atoms. The molecule has 2 aromatic heterocycles. The first-order chi connectivity index (χ1) is 13.7. The molecule has 0 saturated heterocycles. The zero-order chi connectivity index (χ0) is 21.1. The number of nitrogens with one attached hydrogen (secondary N) is 3. The molecule has 0 radical (unpaired) electrons. The number of hydrogen-bond acceptors (Lipinski definition) is 5. The maximum atomic E-state index is 12.3. The van der Waals surface area contributed by atoms with E-state index >= 15 is 0 Å². The van der Waals surface area contributed by atoms with Gasteiger partial charge in [-0.25, -0.2) is 4.98 Å². The Morgan fingerprint density at radius 1 is 1.14 bits per heavy atom. The van der Waals surface area contributed by atoms with Crippen molar-refractivity contribution in [1.29, 1.82) is 0 Å².